The van der Waals surface area contributed by atoms with Crippen LogP contribution in [0.4, 0.5) is 5.82 Å². The third kappa shape index (κ3) is 2.05. The summed E-state index contributed by atoms with van der Waals surface area (Å²) in [6, 6.07) is 3.85. The Morgan fingerprint density at radius 1 is 1.38 bits per heavy atom. The smallest absolute Gasteiger partial charge is 0.129 e. The van der Waals surface area contributed by atoms with Gasteiger partial charge in [0.1, 0.15) is 12.1 Å². The standard InChI is InChI=1S/C12H13N3O/c1-2-9(1)6-13-12-5-11(14-8-15-12)10-3-4-16-7-10/h3-5,7-9H,1-2,6H2,(H,13,14,15). The molecule has 4 heteroatoms. The van der Waals surface area contributed by atoms with Crippen molar-refractivity contribution in [3.8, 4) is 11.3 Å². The quantitative estimate of drug-likeness (QED) is 0.851. The van der Waals surface area contributed by atoms with Gasteiger partial charge in [0.15, 0.2) is 0 Å². The summed E-state index contributed by atoms with van der Waals surface area (Å²) in [5, 5.41) is 3.33. The first kappa shape index (κ1) is 9.39. The monoisotopic (exact) mass is 215 g/mol. The van der Waals surface area contributed by atoms with Crippen molar-refractivity contribution < 1.29 is 4.42 Å². The minimum Gasteiger partial charge on any atom is -0.472 e. The molecule has 1 fully saturated rings. The Morgan fingerprint density at radius 3 is 3.06 bits per heavy atom. The van der Waals surface area contributed by atoms with Crippen molar-refractivity contribution in [2.75, 3.05) is 11.9 Å². The van der Waals surface area contributed by atoms with E-state index < -0.39 is 0 Å². The number of aromatic nitrogens is 2. The first-order chi connectivity index (χ1) is 7.92. The molecule has 2 aromatic heterocycles. The number of rotatable bonds is 4. The molecule has 1 saturated carbocycles. The molecule has 0 unspecified atom stereocenters. The molecule has 16 heavy (non-hydrogen) atoms. The van der Waals surface area contributed by atoms with Crippen molar-refractivity contribution in [3.05, 3.63) is 31.0 Å². The molecule has 0 aliphatic heterocycles. The van der Waals surface area contributed by atoms with Gasteiger partial charge in [-0.1, -0.05) is 0 Å². The van der Waals surface area contributed by atoms with Crippen LogP contribution in [0.15, 0.2) is 35.4 Å². The zero-order chi connectivity index (χ0) is 10.8. The zero-order valence-electron chi connectivity index (χ0n) is 8.89. The van der Waals surface area contributed by atoms with Crippen LogP contribution in [0.25, 0.3) is 11.3 Å². The van der Waals surface area contributed by atoms with Gasteiger partial charge in [-0.05, 0) is 24.8 Å². The van der Waals surface area contributed by atoms with Gasteiger partial charge < -0.3 is 9.73 Å². The van der Waals surface area contributed by atoms with Crippen LogP contribution in [0, 0.1) is 5.92 Å². The highest BCUT2D eigenvalue weighted by Gasteiger charge is 2.20. The molecule has 4 nitrogen and oxygen atoms in total. The van der Waals surface area contributed by atoms with Crippen molar-refractivity contribution >= 4 is 5.82 Å². The SMILES string of the molecule is c1nc(NCC2CC2)cc(-c2ccoc2)n1. The van der Waals surface area contributed by atoms with E-state index in [1.807, 2.05) is 12.1 Å². The highest BCUT2D eigenvalue weighted by Crippen LogP contribution is 2.29. The van der Waals surface area contributed by atoms with Crippen LogP contribution in [0.1, 0.15) is 12.8 Å². The maximum atomic E-state index is 5.04. The fraction of sp³-hybridized carbons (Fsp3) is 0.333. The zero-order valence-corrected chi connectivity index (χ0v) is 8.89. The van der Waals surface area contributed by atoms with E-state index in [9.17, 15) is 0 Å². The molecule has 1 aliphatic rings. The molecule has 1 aliphatic carbocycles. The highest BCUT2D eigenvalue weighted by atomic mass is 16.3. The van der Waals surface area contributed by atoms with Crippen molar-refractivity contribution in [3.63, 3.8) is 0 Å². The number of anilines is 1. The Balaban J connectivity index is 1.76. The van der Waals surface area contributed by atoms with Gasteiger partial charge >= 0.3 is 0 Å². The third-order valence-electron chi connectivity index (χ3n) is 2.75. The fourth-order valence-corrected chi connectivity index (χ4v) is 1.59. The Morgan fingerprint density at radius 2 is 2.31 bits per heavy atom. The molecule has 82 valence electrons. The Kier molecular flexibility index (Phi) is 2.33. The number of furan rings is 1. The predicted molar refractivity (Wildman–Crippen MR) is 60.9 cm³/mol. The predicted octanol–water partition coefficient (Wildman–Crippen LogP) is 2.56. The van der Waals surface area contributed by atoms with E-state index >= 15 is 0 Å². The maximum Gasteiger partial charge on any atom is 0.129 e. The summed E-state index contributed by atoms with van der Waals surface area (Å²) in [5.74, 6) is 1.73. The highest BCUT2D eigenvalue weighted by molar-refractivity contribution is 5.60. The lowest BCUT2D eigenvalue weighted by Crippen LogP contribution is -2.05. The van der Waals surface area contributed by atoms with Gasteiger partial charge in [-0.25, -0.2) is 9.97 Å². The molecular weight excluding hydrogens is 202 g/mol. The summed E-state index contributed by atoms with van der Waals surface area (Å²) in [5.41, 5.74) is 1.87. The lowest BCUT2D eigenvalue weighted by Gasteiger charge is -2.04. The Bertz CT molecular complexity index is 463. The van der Waals surface area contributed by atoms with Crippen molar-refractivity contribution in [1.82, 2.24) is 9.97 Å². The normalized spacial score (nSPS) is 15.0. The van der Waals surface area contributed by atoms with E-state index in [4.69, 9.17) is 4.42 Å². The van der Waals surface area contributed by atoms with Crippen molar-refractivity contribution in [2.45, 2.75) is 12.8 Å². The molecule has 2 aromatic rings. The minimum absolute atomic E-state index is 0.840. The van der Waals surface area contributed by atoms with Gasteiger partial charge in [-0.3, -0.25) is 0 Å². The van der Waals surface area contributed by atoms with E-state index in [1.165, 1.54) is 12.8 Å². The molecule has 0 amide bonds. The van der Waals surface area contributed by atoms with Gasteiger partial charge in [-0.2, -0.15) is 0 Å². The van der Waals surface area contributed by atoms with E-state index in [-0.39, 0.29) is 0 Å². The van der Waals surface area contributed by atoms with E-state index in [0.29, 0.717) is 0 Å². The molecule has 0 saturated heterocycles. The molecule has 0 spiro atoms. The van der Waals surface area contributed by atoms with Gasteiger partial charge in [0.05, 0.1) is 18.2 Å². The van der Waals surface area contributed by atoms with E-state index in [0.717, 1.165) is 29.5 Å². The molecule has 0 atom stereocenters. The molecule has 1 N–H and O–H groups in total. The molecule has 3 rings (SSSR count). The Hall–Kier alpha value is -1.84. The van der Waals surface area contributed by atoms with Crippen LogP contribution in [-0.4, -0.2) is 16.5 Å². The molecule has 0 aromatic carbocycles. The second-order valence-electron chi connectivity index (χ2n) is 4.12. The number of nitrogens with zero attached hydrogens (tertiary/aromatic N) is 2. The second kappa shape index (κ2) is 3.96. The maximum absolute atomic E-state index is 5.04. The Labute approximate surface area is 93.7 Å². The first-order valence-corrected chi connectivity index (χ1v) is 5.50. The fourth-order valence-electron chi connectivity index (χ4n) is 1.59. The lowest BCUT2D eigenvalue weighted by molar-refractivity contribution is 0.568. The minimum atomic E-state index is 0.840. The van der Waals surface area contributed by atoms with Gasteiger partial charge in [0, 0.05) is 18.2 Å². The third-order valence-corrected chi connectivity index (χ3v) is 2.75. The topological polar surface area (TPSA) is 51.0 Å². The van der Waals surface area contributed by atoms with Crippen molar-refractivity contribution in [1.29, 1.82) is 0 Å². The lowest BCUT2D eigenvalue weighted by atomic mass is 10.2. The molecular formula is C12H13N3O. The largest absolute Gasteiger partial charge is 0.472 e. The van der Waals surface area contributed by atoms with E-state index in [2.05, 4.69) is 15.3 Å². The second-order valence-corrected chi connectivity index (χ2v) is 4.12. The summed E-state index contributed by atoms with van der Waals surface area (Å²) >= 11 is 0. The van der Waals surface area contributed by atoms with Crippen LogP contribution in [-0.2, 0) is 0 Å². The van der Waals surface area contributed by atoms with Crippen LogP contribution < -0.4 is 5.32 Å². The average molecular weight is 215 g/mol. The number of nitrogens with one attached hydrogen (secondary N) is 1. The van der Waals surface area contributed by atoms with Crippen LogP contribution >= 0.6 is 0 Å². The summed E-state index contributed by atoms with van der Waals surface area (Å²) in [7, 11) is 0. The summed E-state index contributed by atoms with van der Waals surface area (Å²) in [6.07, 6.45) is 7.60. The van der Waals surface area contributed by atoms with Crippen LogP contribution in [0.2, 0.25) is 0 Å². The molecule has 0 radical (unpaired) electrons. The van der Waals surface area contributed by atoms with Gasteiger partial charge in [0.2, 0.25) is 0 Å². The molecule has 2 heterocycles. The summed E-state index contributed by atoms with van der Waals surface area (Å²) in [4.78, 5) is 8.41. The van der Waals surface area contributed by atoms with Crippen molar-refractivity contribution in [2.24, 2.45) is 5.92 Å². The average Bonchev–Trinajstić information content (AvgIpc) is 2.99. The van der Waals surface area contributed by atoms with Crippen LogP contribution in [0.3, 0.4) is 0 Å². The summed E-state index contributed by atoms with van der Waals surface area (Å²) < 4.78 is 5.04. The van der Waals surface area contributed by atoms with Crippen LogP contribution in [0.5, 0.6) is 0 Å². The summed E-state index contributed by atoms with van der Waals surface area (Å²) in [6.45, 7) is 1.02. The van der Waals surface area contributed by atoms with Gasteiger partial charge in [0.25, 0.3) is 0 Å². The number of hydrogen-bond acceptors (Lipinski definition) is 4. The molecule has 0 bridgehead atoms. The number of hydrogen-bond donors (Lipinski definition) is 1. The van der Waals surface area contributed by atoms with E-state index in [1.54, 1.807) is 18.9 Å². The first-order valence-electron chi connectivity index (χ1n) is 5.50. The van der Waals surface area contributed by atoms with Gasteiger partial charge in [-0.15, -0.1) is 0 Å².